The number of benzene rings is 1. The highest BCUT2D eigenvalue weighted by molar-refractivity contribution is 5.18. The summed E-state index contributed by atoms with van der Waals surface area (Å²) >= 11 is 0. The summed E-state index contributed by atoms with van der Waals surface area (Å²) in [5, 5.41) is 9.83. The maximum Gasteiger partial charge on any atom is 0.126 e. The summed E-state index contributed by atoms with van der Waals surface area (Å²) in [6.45, 7) is 3.70. The monoisotopic (exact) mass is 244 g/mol. The second-order valence-electron chi connectivity index (χ2n) is 4.80. The third-order valence-corrected chi connectivity index (χ3v) is 2.67. The smallest absolute Gasteiger partial charge is 0.126 e. The van der Waals surface area contributed by atoms with Gasteiger partial charge < -0.3 is 9.84 Å². The van der Waals surface area contributed by atoms with Crippen molar-refractivity contribution in [2.24, 2.45) is 0 Å². The molecule has 2 nitrogen and oxygen atoms in total. The molecular formula is C13H18F2O2. The van der Waals surface area contributed by atoms with E-state index in [1.807, 2.05) is 13.8 Å². The van der Waals surface area contributed by atoms with E-state index < -0.39 is 23.3 Å². The summed E-state index contributed by atoms with van der Waals surface area (Å²) in [7, 11) is 1.56. The standard InChI is InChI=1S/C13H18F2O2/c1-13(2,17-3)8-12(16)6-9-4-10(14)7-11(15)5-9/h4-5,7,12,16H,6,8H2,1-3H3. The second-order valence-corrected chi connectivity index (χ2v) is 4.80. The molecular weight excluding hydrogens is 226 g/mol. The Morgan fingerprint density at radius 2 is 1.76 bits per heavy atom. The van der Waals surface area contributed by atoms with Crippen LogP contribution in [0.3, 0.4) is 0 Å². The van der Waals surface area contributed by atoms with Gasteiger partial charge in [0, 0.05) is 19.6 Å². The van der Waals surface area contributed by atoms with Crippen LogP contribution < -0.4 is 0 Å². The minimum Gasteiger partial charge on any atom is -0.393 e. The first kappa shape index (κ1) is 14.1. The zero-order valence-electron chi connectivity index (χ0n) is 10.3. The molecule has 1 aromatic carbocycles. The number of aliphatic hydroxyl groups is 1. The van der Waals surface area contributed by atoms with E-state index in [-0.39, 0.29) is 6.42 Å². The van der Waals surface area contributed by atoms with E-state index >= 15 is 0 Å². The van der Waals surface area contributed by atoms with Crippen molar-refractivity contribution in [2.75, 3.05) is 7.11 Å². The largest absolute Gasteiger partial charge is 0.393 e. The lowest BCUT2D eigenvalue weighted by atomic mass is 9.96. The van der Waals surface area contributed by atoms with Gasteiger partial charge in [-0.15, -0.1) is 0 Å². The van der Waals surface area contributed by atoms with Crippen molar-refractivity contribution in [3.05, 3.63) is 35.4 Å². The molecule has 1 atom stereocenters. The fraction of sp³-hybridized carbons (Fsp3) is 0.538. The Balaban J connectivity index is 2.65. The molecule has 4 heteroatoms. The minimum absolute atomic E-state index is 0.210. The molecule has 0 amide bonds. The molecule has 0 heterocycles. The first-order valence-corrected chi connectivity index (χ1v) is 5.50. The van der Waals surface area contributed by atoms with E-state index in [4.69, 9.17) is 4.74 Å². The van der Waals surface area contributed by atoms with Gasteiger partial charge in [-0.25, -0.2) is 8.78 Å². The zero-order valence-corrected chi connectivity index (χ0v) is 10.3. The van der Waals surface area contributed by atoms with Gasteiger partial charge in [0.2, 0.25) is 0 Å². The summed E-state index contributed by atoms with van der Waals surface area (Å²) in [5.74, 6) is -1.25. The topological polar surface area (TPSA) is 29.5 Å². The Kier molecular flexibility index (Phi) is 4.60. The average molecular weight is 244 g/mol. The van der Waals surface area contributed by atoms with E-state index in [9.17, 15) is 13.9 Å². The lowest BCUT2D eigenvalue weighted by molar-refractivity contribution is -0.0190. The number of halogens is 2. The number of hydrogen-bond acceptors (Lipinski definition) is 2. The van der Waals surface area contributed by atoms with Crippen LogP contribution in [0.4, 0.5) is 8.78 Å². The van der Waals surface area contributed by atoms with Crippen LogP contribution in [-0.2, 0) is 11.2 Å². The third kappa shape index (κ3) is 4.79. The summed E-state index contributed by atoms with van der Waals surface area (Å²) in [6.07, 6.45) is -0.0746. The van der Waals surface area contributed by atoms with E-state index in [2.05, 4.69) is 0 Å². The lowest BCUT2D eigenvalue weighted by Crippen LogP contribution is -2.29. The van der Waals surface area contributed by atoms with E-state index in [0.29, 0.717) is 12.0 Å². The van der Waals surface area contributed by atoms with Crippen molar-refractivity contribution >= 4 is 0 Å². The highest BCUT2D eigenvalue weighted by atomic mass is 19.1. The molecule has 1 unspecified atom stereocenters. The van der Waals surface area contributed by atoms with Crippen LogP contribution in [-0.4, -0.2) is 23.9 Å². The van der Waals surface area contributed by atoms with Gasteiger partial charge in [0.1, 0.15) is 11.6 Å². The van der Waals surface area contributed by atoms with Gasteiger partial charge in [-0.2, -0.15) is 0 Å². The van der Waals surface area contributed by atoms with Crippen molar-refractivity contribution < 1.29 is 18.6 Å². The number of ether oxygens (including phenoxy) is 1. The Bertz CT molecular complexity index is 357. The molecule has 0 aliphatic heterocycles. The fourth-order valence-corrected chi connectivity index (χ4v) is 1.72. The summed E-state index contributed by atoms with van der Waals surface area (Å²) in [4.78, 5) is 0. The van der Waals surface area contributed by atoms with Crippen LogP contribution in [0.15, 0.2) is 18.2 Å². The molecule has 0 aliphatic carbocycles. The first-order valence-electron chi connectivity index (χ1n) is 5.50. The van der Waals surface area contributed by atoms with Gasteiger partial charge in [-0.05, 0) is 38.0 Å². The van der Waals surface area contributed by atoms with E-state index in [1.165, 1.54) is 12.1 Å². The molecule has 0 aromatic heterocycles. The molecule has 17 heavy (non-hydrogen) atoms. The third-order valence-electron chi connectivity index (χ3n) is 2.67. The van der Waals surface area contributed by atoms with Crippen molar-refractivity contribution in [3.63, 3.8) is 0 Å². The predicted octanol–water partition coefficient (Wildman–Crippen LogP) is 2.68. The number of hydrogen-bond donors (Lipinski definition) is 1. The van der Waals surface area contributed by atoms with Crippen molar-refractivity contribution in [2.45, 2.75) is 38.4 Å². The van der Waals surface area contributed by atoms with Gasteiger partial charge in [-0.3, -0.25) is 0 Å². The summed E-state index contributed by atoms with van der Waals surface area (Å²) in [6, 6.07) is 3.27. The Labute approximate surface area is 100 Å². The number of aliphatic hydroxyl groups excluding tert-OH is 1. The van der Waals surface area contributed by atoms with Crippen LogP contribution in [0, 0.1) is 11.6 Å². The quantitative estimate of drug-likeness (QED) is 0.863. The average Bonchev–Trinajstić information content (AvgIpc) is 2.14. The van der Waals surface area contributed by atoms with Crippen LogP contribution in [0.5, 0.6) is 0 Å². The molecule has 1 aromatic rings. The molecule has 0 saturated heterocycles. The Morgan fingerprint density at radius 1 is 1.24 bits per heavy atom. The maximum atomic E-state index is 12.9. The van der Waals surface area contributed by atoms with Gasteiger partial charge in [-0.1, -0.05) is 0 Å². The van der Waals surface area contributed by atoms with E-state index in [0.717, 1.165) is 6.07 Å². The first-order chi connectivity index (χ1) is 7.82. The molecule has 0 fully saturated rings. The number of methoxy groups -OCH3 is 1. The molecule has 0 saturated carbocycles. The normalized spacial score (nSPS) is 13.8. The lowest BCUT2D eigenvalue weighted by Gasteiger charge is -2.25. The van der Waals surface area contributed by atoms with Crippen molar-refractivity contribution in [1.82, 2.24) is 0 Å². The minimum atomic E-state index is -0.689. The van der Waals surface area contributed by atoms with Gasteiger partial charge in [0.25, 0.3) is 0 Å². The second kappa shape index (κ2) is 5.56. The predicted molar refractivity (Wildman–Crippen MR) is 61.8 cm³/mol. The van der Waals surface area contributed by atoms with Crippen molar-refractivity contribution in [1.29, 1.82) is 0 Å². The van der Waals surface area contributed by atoms with Gasteiger partial charge >= 0.3 is 0 Å². The van der Waals surface area contributed by atoms with Crippen molar-refractivity contribution in [3.8, 4) is 0 Å². The van der Waals surface area contributed by atoms with Crippen LogP contribution in [0.2, 0.25) is 0 Å². The molecule has 0 spiro atoms. The van der Waals surface area contributed by atoms with Gasteiger partial charge in [0.15, 0.2) is 0 Å². The highest BCUT2D eigenvalue weighted by Gasteiger charge is 2.21. The molecule has 0 aliphatic rings. The summed E-state index contributed by atoms with van der Waals surface area (Å²) in [5.41, 5.74) is -0.00688. The Hall–Kier alpha value is -1.00. The molecule has 96 valence electrons. The molecule has 1 N–H and O–H groups in total. The van der Waals surface area contributed by atoms with Gasteiger partial charge in [0.05, 0.1) is 11.7 Å². The fourth-order valence-electron chi connectivity index (χ4n) is 1.72. The Morgan fingerprint density at radius 3 is 2.24 bits per heavy atom. The van der Waals surface area contributed by atoms with E-state index in [1.54, 1.807) is 7.11 Å². The van der Waals surface area contributed by atoms with Crippen LogP contribution >= 0.6 is 0 Å². The van der Waals surface area contributed by atoms with Crippen LogP contribution in [0.25, 0.3) is 0 Å². The van der Waals surface area contributed by atoms with Crippen LogP contribution in [0.1, 0.15) is 25.8 Å². The number of rotatable bonds is 5. The SMILES string of the molecule is COC(C)(C)CC(O)Cc1cc(F)cc(F)c1. The molecule has 1 rings (SSSR count). The summed E-state index contributed by atoms with van der Waals surface area (Å²) < 4.78 is 31.1. The molecule has 0 radical (unpaired) electrons. The highest BCUT2D eigenvalue weighted by Crippen LogP contribution is 2.19. The zero-order chi connectivity index (χ0) is 13.1. The molecule has 0 bridgehead atoms. The maximum absolute atomic E-state index is 12.9.